The molecule has 2 aromatic carbocycles. The van der Waals surface area contributed by atoms with E-state index < -0.39 is 27.7 Å². The van der Waals surface area contributed by atoms with Gasteiger partial charge in [-0.25, -0.2) is 8.42 Å². The Morgan fingerprint density at radius 1 is 1.07 bits per heavy atom. The highest BCUT2D eigenvalue weighted by molar-refractivity contribution is 7.89. The zero-order chi connectivity index (χ0) is 20.4. The van der Waals surface area contributed by atoms with E-state index in [0.717, 1.165) is 24.3 Å². The number of rotatable bonds is 5. The number of carbonyl (C=O) groups excluding carboxylic acids is 1. The second-order valence-corrected chi connectivity index (χ2v) is 8.17. The standard InChI is InChI=1S/C18H19F3N2O3S/c1-12(2)23(3)27(25,26)16-6-4-5-13(11-16)17(24)22-15-9-7-14(8-10-15)18(19,20)21/h4-12H,1-3H3,(H,22,24). The number of hydrogen-bond donors (Lipinski definition) is 1. The number of benzene rings is 2. The zero-order valence-electron chi connectivity index (χ0n) is 14.9. The normalized spacial score (nSPS) is 12.4. The number of carbonyl (C=O) groups is 1. The van der Waals surface area contributed by atoms with E-state index in [9.17, 15) is 26.4 Å². The first-order chi connectivity index (χ1) is 12.4. The summed E-state index contributed by atoms with van der Waals surface area (Å²) in [5.41, 5.74) is -0.584. The molecule has 0 fully saturated rings. The summed E-state index contributed by atoms with van der Waals surface area (Å²) in [7, 11) is -2.32. The Balaban J connectivity index is 2.23. The third-order valence-corrected chi connectivity index (χ3v) is 6.00. The van der Waals surface area contributed by atoms with Crippen molar-refractivity contribution in [2.24, 2.45) is 0 Å². The maximum atomic E-state index is 12.6. The van der Waals surface area contributed by atoms with Crippen LogP contribution >= 0.6 is 0 Å². The second kappa shape index (κ2) is 7.69. The van der Waals surface area contributed by atoms with Gasteiger partial charge in [-0.05, 0) is 56.3 Å². The lowest BCUT2D eigenvalue weighted by atomic mass is 10.2. The van der Waals surface area contributed by atoms with E-state index in [2.05, 4.69) is 5.32 Å². The van der Waals surface area contributed by atoms with E-state index >= 15 is 0 Å². The molecule has 0 aliphatic carbocycles. The second-order valence-electron chi connectivity index (χ2n) is 6.17. The van der Waals surface area contributed by atoms with Crippen LogP contribution in [0.4, 0.5) is 18.9 Å². The molecule has 146 valence electrons. The van der Waals surface area contributed by atoms with Gasteiger partial charge in [-0.2, -0.15) is 17.5 Å². The third kappa shape index (κ3) is 4.86. The van der Waals surface area contributed by atoms with E-state index in [-0.39, 0.29) is 22.2 Å². The van der Waals surface area contributed by atoms with Crippen LogP contribution in [0.1, 0.15) is 29.8 Å². The van der Waals surface area contributed by atoms with Crippen molar-refractivity contribution in [1.82, 2.24) is 4.31 Å². The van der Waals surface area contributed by atoms with Crippen molar-refractivity contribution < 1.29 is 26.4 Å². The van der Waals surface area contributed by atoms with Gasteiger partial charge in [-0.3, -0.25) is 4.79 Å². The van der Waals surface area contributed by atoms with E-state index in [1.807, 2.05) is 0 Å². The number of sulfonamides is 1. The predicted molar refractivity (Wildman–Crippen MR) is 95.9 cm³/mol. The number of hydrogen-bond acceptors (Lipinski definition) is 3. The van der Waals surface area contributed by atoms with Crippen LogP contribution in [0.2, 0.25) is 0 Å². The summed E-state index contributed by atoms with van der Waals surface area (Å²) in [6.07, 6.45) is -4.46. The molecule has 1 N–H and O–H groups in total. The molecule has 2 aromatic rings. The number of alkyl halides is 3. The van der Waals surface area contributed by atoms with Crippen molar-refractivity contribution in [3.05, 3.63) is 59.7 Å². The fourth-order valence-corrected chi connectivity index (χ4v) is 3.60. The van der Waals surface area contributed by atoms with Crippen LogP contribution in [0.25, 0.3) is 0 Å². The average molecular weight is 400 g/mol. The molecule has 0 aromatic heterocycles. The van der Waals surface area contributed by atoms with Crippen LogP contribution in [0, 0.1) is 0 Å². The largest absolute Gasteiger partial charge is 0.416 e. The number of amides is 1. The Bertz CT molecular complexity index is 924. The number of anilines is 1. The molecule has 27 heavy (non-hydrogen) atoms. The first kappa shape index (κ1) is 20.9. The maximum absolute atomic E-state index is 12.6. The fraction of sp³-hybridized carbons (Fsp3) is 0.278. The minimum Gasteiger partial charge on any atom is -0.322 e. The van der Waals surface area contributed by atoms with E-state index in [0.29, 0.717) is 0 Å². The molecule has 1 amide bonds. The lowest BCUT2D eigenvalue weighted by Crippen LogP contribution is -2.33. The van der Waals surface area contributed by atoms with Crippen LogP contribution in [-0.2, 0) is 16.2 Å². The monoisotopic (exact) mass is 400 g/mol. The summed E-state index contributed by atoms with van der Waals surface area (Å²) in [6, 6.07) is 9.18. The Hall–Kier alpha value is -2.39. The molecule has 0 bridgehead atoms. The van der Waals surface area contributed by atoms with Crippen molar-refractivity contribution in [2.45, 2.75) is 31.0 Å². The van der Waals surface area contributed by atoms with Crippen molar-refractivity contribution >= 4 is 21.6 Å². The topological polar surface area (TPSA) is 66.5 Å². The maximum Gasteiger partial charge on any atom is 0.416 e. The first-order valence-electron chi connectivity index (χ1n) is 7.99. The first-order valence-corrected chi connectivity index (χ1v) is 9.43. The van der Waals surface area contributed by atoms with Gasteiger partial charge in [0.15, 0.2) is 0 Å². The summed E-state index contributed by atoms with van der Waals surface area (Å²) in [5.74, 6) is -0.626. The minimum atomic E-state index is -4.46. The van der Waals surface area contributed by atoms with Gasteiger partial charge < -0.3 is 5.32 Å². The lowest BCUT2D eigenvalue weighted by Gasteiger charge is -2.21. The molecule has 5 nitrogen and oxygen atoms in total. The summed E-state index contributed by atoms with van der Waals surface area (Å²) in [5, 5.41) is 2.45. The van der Waals surface area contributed by atoms with Crippen LogP contribution in [-0.4, -0.2) is 31.7 Å². The average Bonchev–Trinajstić information content (AvgIpc) is 2.60. The molecule has 0 aliphatic rings. The quantitative estimate of drug-likeness (QED) is 0.825. The molecule has 0 unspecified atom stereocenters. The molecule has 0 radical (unpaired) electrons. The third-order valence-electron chi connectivity index (χ3n) is 3.97. The van der Waals surface area contributed by atoms with Gasteiger partial charge in [0.05, 0.1) is 10.5 Å². The summed E-state index contributed by atoms with van der Waals surface area (Å²) < 4.78 is 64.0. The smallest absolute Gasteiger partial charge is 0.322 e. The van der Waals surface area contributed by atoms with Gasteiger partial charge in [-0.1, -0.05) is 6.07 Å². The molecular weight excluding hydrogens is 381 g/mol. The predicted octanol–water partition coefficient (Wildman–Crippen LogP) is 3.99. The Labute approximate surface area is 155 Å². The Morgan fingerprint density at radius 2 is 1.67 bits per heavy atom. The van der Waals surface area contributed by atoms with Crippen LogP contribution in [0.3, 0.4) is 0 Å². The Kier molecular flexibility index (Phi) is 5.96. The Morgan fingerprint density at radius 3 is 2.19 bits per heavy atom. The van der Waals surface area contributed by atoms with Crippen LogP contribution in [0.15, 0.2) is 53.4 Å². The molecule has 0 heterocycles. The lowest BCUT2D eigenvalue weighted by molar-refractivity contribution is -0.137. The van der Waals surface area contributed by atoms with Gasteiger partial charge in [0, 0.05) is 24.3 Å². The van der Waals surface area contributed by atoms with Gasteiger partial charge in [-0.15, -0.1) is 0 Å². The molecule has 0 aliphatic heterocycles. The van der Waals surface area contributed by atoms with Crippen molar-refractivity contribution in [2.75, 3.05) is 12.4 Å². The zero-order valence-corrected chi connectivity index (χ0v) is 15.7. The molecule has 0 saturated heterocycles. The highest BCUT2D eigenvalue weighted by Crippen LogP contribution is 2.30. The number of halogens is 3. The van der Waals surface area contributed by atoms with Crippen LogP contribution < -0.4 is 5.32 Å². The molecule has 0 atom stereocenters. The SMILES string of the molecule is CC(C)N(C)S(=O)(=O)c1cccc(C(=O)Nc2ccc(C(F)(F)F)cc2)c1. The molecular formula is C18H19F3N2O3S. The molecule has 0 spiro atoms. The van der Waals surface area contributed by atoms with Crippen molar-refractivity contribution in [3.63, 3.8) is 0 Å². The van der Waals surface area contributed by atoms with Gasteiger partial charge in [0.25, 0.3) is 5.91 Å². The highest BCUT2D eigenvalue weighted by atomic mass is 32.2. The highest BCUT2D eigenvalue weighted by Gasteiger charge is 2.30. The van der Waals surface area contributed by atoms with Gasteiger partial charge in [0.1, 0.15) is 0 Å². The summed E-state index contributed by atoms with van der Waals surface area (Å²) in [4.78, 5) is 12.3. The number of nitrogens with zero attached hydrogens (tertiary/aromatic N) is 1. The van der Waals surface area contributed by atoms with Gasteiger partial charge in [0.2, 0.25) is 10.0 Å². The molecule has 9 heteroatoms. The van der Waals surface area contributed by atoms with E-state index in [1.165, 1.54) is 35.6 Å². The van der Waals surface area contributed by atoms with Crippen molar-refractivity contribution in [1.29, 1.82) is 0 Å². The summed E-state index contributed by atoms with van der Waals surface area (Å²) in [6.45, 7) is 3.44. The summed E-state index contributed by atoms with van der Waals surface area (Å²) >= 11 is 0. The molecule has 2 rings (SSSR count). The molecule has 0 saturated carbocycles. The van der Waals surface area contributed by atoms with Gasteiger partial charge >= 0.3 is 6.18 Å². The van der Waals surface area contributed by atoms with E-state index in [4.69, 9.17) is 0 Å². The fourth-order valence-electron chi connectivity index (χ4n) is 2.19. The minimum absolute atomic E-state index is 0.0428. The van der Waals surface area contributed by atoms with E-state index in [1.54, 1.807) is 13.8 Å². The van der Waals surface area contributed by atoms with Crippen molar-refractivity contribution in [3.8, 4) is 0 Å². The van der Waals surface area contributed by atoms with Crippen LogP contribution in [0.5, 0.6) is 0 Å². The number of nitrogens with one attached hydrogen (secondary N) is 1.